The number of rotatable bonds is 5. The molecule has 4 rings (SSSR count). The lowest BCUT2D eigenvalue weighted by atomic mass is 10.0. The molecule has 3 aromatic rings. The maximum atomic E-state index is 12.5. The Morgan fingerprint density at radius 3 is 2.58 bits per heavy atom. The zero-order valence-corrected chi connectivity index (χ0v) is 16.7. The molecule has 0 atom stereocenters. The van der Waals surface area contributed by atoms with Crippen LogP contribution in [-0.2, 0) is 16.1 Å². The van der Waals surface area contributed by atoms with Crippen LogP contribution in [0.1, 0.15) is 23.6 Å². The Morgan fingerprint density at radius 1 is 1.13 bits per heavy atom. The Balaban J connectivity index is 1.86. The lowest BCUT2D eigenvalue weighted by Crippen LogP contribution is -2.31. The Kier molecular flexibility index (Phi) is 5.36. The standard InChI is InChI=1S/C23H19N3O5/c1-2-31-22(29)19-16(15-10-6-7-11-18(15)24-19)12-17-20(27)25-23(30)26(21(17)28)13-14-8-4-3-5-9-14/h3-12,28H,2,13H2,1H3,(H,25,27,30)/b16-12+. The smallest absolute Gasteiger partial charge is 0.357 e. The maximum Gasteiger partial charge on any atom is 0.357 e. The minimum atomic E-state index is -0.771. The number of fused-ring (bicyclic) bond motifs is 1. The van der Waals surface area contributed by atoms with Crippen molar-refractivity contribution in [2.45, 2.75) is 13.5 Å². The lowest BCUT2D eigenvalue weighted by Gasteiger charge is -2.11. The number of benzene rings is 2. The molecule has 156 valence electrons. The number of para-hydroxylation sites is 1. The van der Waals surface area contributed by atoms with E-state index >= 15 is 0 Å². The molecular weight excluding hydrogens is 398 g/mol. The summed E-state index contributed by atoms with van der Waals surface area (Å²) in [4.78, 5) is 43.9. The number of ether oxygens (including phenoxy) is 1. The molecule has 2 heterocycles. The number of aliphatic imine (C=N–C) groups is 1. The molecule has 8 nitrogen and oxygen atoms in total. The lowest BCUT2D eigenvalue weighted by molar-refractivity contribution is -0.134. The molecule has 0 saturated carbocycles. The van der Waals surface area contributed by atoms with Crippen molar-refractivity contribution in [2.75, 3.05) is 6.61 Å². The highest BCUT2D eigenvalue weighted by molar-refractivity contribution is 6.58. The number of esters is 1. The van der Waals surface area contributed by atoms with Crippen LogP contribution in [0.15, 0.2) is 69.2 Å². The zero-order chi connectivity index (χ0) is 22.0. The highest BCUT2D eigenvalue weighted by atomic mass is 16.5. The first-order chi connectivity index (χ1) is 15.0. The van der Waals surface area contributed by atoms with Crippen LogP contribution in [-0.4, -0.2) is 32.9 Å². The molecule has 0 bridgehead atoms. The van der Waals surface area contributed by atoms with E-state index in [1.165, 1.54) is 6.08 Å². The van der Waals surface area contributed by atoms with Crippen molar-refractivity contribution in [3.8, 4) is 5.88 Å². The van der Waals surface area contributed by atoms with Crippen LogP contribution in [0, 0.1) is 0 Å². The molecule has 1 aliphatic heterocycles. The molecule has 2 N–H and O–H groups in total. The van der Waals surface area contributed by atoms with Gasteiger partial charge in [-0.1, -0.05) is 48.5 Å². The largest absolute Gasteiger partial charge is 0.494 e. The number of hydrogen-bond acceptors (Lipinski definition) is 6. The van der Waals surface area contributed by atoms with Crippen LogP contribution in [0.2, 0.25) is 0 Å². The fraction of sp³-hybridized carbons (Fsp3) is 0.130. The van der Waals surface area contributed by atoms with Gasteiger partial charge in [0.25, 0.3) is 5.56 Å². The van der Waals surface area contributed by atoms with Gasteiger partial charge >= 0.3 is 11.7 Å². The molecule has 0 aliphatic carbocycles. The third-order valence-corrected chi connectivity index (χ3v) is 4.83. The molecule has 0 radical (unpaired) electrons. The monoisotopic (exact) mass is 417 g/mol. The summed E-state index contributed by atoms with van der Waals surface area (Å²) in [5.74, 6) is -1.14. The van der Waals surface area contributed by atoms with Crippen LogP contribution >= 0.6 is 0 Å². The Bertz CT molecular complexity index is 1330. The predicted octanol–water partition coefficient (Wildman–Crippen LogP) is 2.48. The van der Waals surface area contributed by atoms with E-state index in [2.05, 4.69) is 9.98 Å². The van der Waals surface area contributed by atoms with E-state index < -0.39 is 23.1 Å². The zero-order valence-electron chi connectivity index (χ0n) is 16.7. The van der Waals surface area contributed by atoms with Crippen molar-refractivity contribution in [3.05, 3.63) is 92.1 Å². The van der Waals surface area contributed by atoms with E-state index in [1.807, 2.05) is 18.2 Å². The number of H-pyrrole nitrogens is 1. The highest BCUT2D eigenvalue weighted by Gasteiger charge is 2.28. The van der Waals surface area contributed by atoms with Gasteiger partial charge in [-0.3, -0.25) is 14.3 Å². The van der Waals surface area contributed by atoms with E-state index in [9.17, 15) is 19.5 Å². The van der Waals surface area contributed by atoms with Crippen LogP contribution in [0.25, 0.3) is 11.6 Å². The Labute approximate surface area is 176 Å². The van der Waals surface area contributed by atoms with Gasteiger partial charge in [0.05, 0.1) is 18.8 Å². The molecule has 1 aliphatic rings. The maximum absolute atomic E-state index is 12.5. The fourth-order valence-corrected chi connectivity index (χ4v) is 3.37. The summed E-state index contributed by atoms with van der Waals surface area (Å²) in [7, 11) is 0. The van der Waals surface area contributed by atoms with E-state index in [-0.39, 0.29) is 24.4 Å². The second-order valence-electron chi connectivity index (χ2n) is 6.82. The summed E-state index contributed by atoms with van der Waals surface area (Å²) in [6.07, 6.45) is 1.36. The third-order valence-electron chi connectivity index (χ3n) is 4.83. The Morgan fingerprint density at radius 2 is 1.84 bits per heavy atom. The van der Waals surface area contributed by atoms with Crippen molar-refractivity contribution in [1.82, 2.24) is 9.55 Å². The van der Waals surface area contributed by atoms with Crippen molar-refractivity contribution in [3.63, 3.8) is 0 Å². The van der Waals surface area contributed by atoms with E-state index in [0.717, 1.165) is 10.1 Å². The van der Waals surface area contributed by atoms with E-state index in [4.69, 9.17) is 4.74 Å². The number of nitrogens with one attached hydrogen (secondary N) is 1. The molecule has 0 amide bonds. The second kappa shape index (κ2) is 8.27. The number of nitrogens with zero attached hydrogens (tertiary/aromatic N) is 2. The van der Waals surface area contributed by atoms with Gasteiger partial charge in [-0.15, -0.1) is 0 Å². The number of carbonyl (C=O) groups excluding carboxylic acids is 1. The van der Waals surface area contributed by atoms with Gasteiger partial charge < -0.3 is 9.84 Å². The molecule has 0 saturated heterocycles. The third kappa shape index (κ3) is 3.83. The normalized spacial score (nSPS) is 13.7. The molecule has 0 spiro atoms. The number of aromatic amines is 1. The first kappa shape index (κ1) is 20.1. The summed E-state index contributed by atoms with van der Waals surface area (Å²) in [5.41, 5.74) is 0.634. The molecule has 0 unspecified atom stereocenters. The van der Waals surface area contributed by atoms with Crippen molar-refractivity contribution < 1.29 is 14.6 Å². The second-order valence-corrected chi connectivity index (χ2v) is 6.82. The average molecular weight is 417 g/mol. The van der Waals surface area contributed by atoms with Crippen molar-refractivity contribution in [1.29, 1.82) is 0 Å². The molecule has 1 aromatic heterocycles. The van der Waals surface area contributed by atoms with Gasteiger partial charge in [0.1, 0.15) is 5.56 Å². The topological polar surface area (TPSA) is 114 Å². The van der Waals surface area contributed by atoms with Gasteiger partial charge in [-0.2, -0.15) is 0 Å². The molecule has 8 heteroatoms. The minimum absolute atomic E-state index is 0.0302. The minimum Gasteiger partial charge on any atom is -0.494 e. The van der Waals surface area contributed by atoms with Gasteiger partial charge in [0, 0.05) is 11.1 Å². The Hall–Kier alpha value is -4.20. The van der Waals surface area contributed by atoms with Gasteiger partial charge in [0.15, 0.2) is 5.71 Å². The van der Waals surface area contributed by atoms with E-state index in [1.54, 1.807) is 43.3 Å². The molecule has 2 aromatic carbocycles. The van der Waals surface area contributed by atoms with Gasteiger partial charge in [-0.25, -0.2) is 14.6 Å². The first-order valence-corrected chi connectivity index (χ1v) is 9.67. The average Bonchev–Trinajstić information content (AvgIpc) is 3.13. The van der Waals surface area contributed by atoms with Crippen LogP contribution in [0.4, 0.5) is 5.69 Å². The number of hydrogen-bond donors (Lipinski definition) is 2. The van der Waals surface area contributed by atoms with Crippen LogP contribution < -0.4 is 11.2 Å². The number of carbonyl (C=O) groups is 1. The van der Waals surface area contributed by atoms with Gasteiger partial charge in [-0.05, 0) is 24.6 Å². The van der Waals surface area contributed by atoms with Crippen LogP contribution in [0.3, 0.4) is 0 Å². The highest BCUT2D eigenvalue weighted by Crippen LogP contribution is 2.36. The summed E-state index contributed by atoms with van der Waals surface area (Å²) in [5, 5.41) is 10.8. The van der Waals surface area contributed by atoms with Crippen LogP contribution in [0.5, 0.6) is 5.88 Å². The van der Waals surface area contributed by atoms with Gasteiger partial charge in [0.2, 0.25) is 5.88 Å². The fourth-order valence-electron chi connectivity index (χ4n) is 3.37. The quantitative estimate of drug-likeness (QED) is 0.619. The predicted molar refractivity (Wildman–Crippen MR) is 117 cm³/mol. The number of aromatic nitrogens is 2. The summed E-state index contributed by atoms with van der Waals surface area (Å²) in [6.45, 7) is 1.91. The summed E-state index contributed by atoms with van der Waals surface area (Å²) in [6, 6.07) is 16.1. The number of aromatic hydroxyl groups is 1. The van der Waals surface area contributed by atoms with E-state index in [0.29, 0.717) is 16.8 Å². The van der Waals surface area contributed by atoms with Crippen molar-refractivity contribution in [2.24, 2.45) is 4.99 Å². The summed E-state index contributed by atoms with van der Waals surface area (Å²) >= 11 is 0. The molecule has 31 heavy (non-hydrogen) atoms. The molecular formula is C23H19N3O5. The first-order valence-electron chi connectivity index (χ1n) is 9.67. The van der Waals surface area contributed by atoms with Crippen molar-refractivity contribution >= 4 is 29.0 Å². The SMILES string of the molecule is CCOC(=O)C1=Nc2ccccc2/C1=C\c1c(O)n(Cc2ccccc2)c(=O)[nH]c1=O. The molecule has 0 fully saturated rings. The summed E-state index contributed by atoms with van der Waals surface area (Å²) < 4.78 is 6.15.